The molecular weight excluding hydrogens is 208 g/mol. The van der Waals surface area contributed by atoms with Gasteiger partial charge in [-0.15, -0.1) is 0 Å². The van der Waals surface area contributed by atoms with Gasteiger partial charge < -0.3 is 10.2 Å². The molecular formula is C15H28N2. The number of nitrogens with zero attached hydrogens (tertiary/aromatic N) is 1. The average Bonchev–Trinajstić information content (AvgIpc) is 3.19. The SMILES string of the molecule is C1CCC2C(C1)CCCN2CCCNC1CC1. The van der Waals surface area contributed by atoms with Gasteiger partial charge in [-0.1, -0.05) is 12.8 Å². The van der Waals surface area contributed by atoms with E-state index < -0.39 is 0 Å². The topological polar surface area (TPSA) is 15.3 Å². The molecule has 0 radical (unpaired) electrons. The number of rotatable bonds is 5. The summed E-state index contributed by atoms with van der Waals surface area (Å²) in [6, 6.07) is 1.84. The van der Waals surface area contributed by atoms with E-state index in [1.165, 1.54) is 77.4 Å². The zero-order chi connectivity index (χ0) is 11.5. The highest BCUT2D eigenvalue weighted by atomic mass is 15.2. The molecule has 2 heteroatoms. The molecule has 2 nitrogen and oxygen atoms in total. The zero-order valence-electron chi connectivity index (χ0n) is 11.2. The van der Waals surface area contributed by atoms with E-state index in [0.717, 1.165) is 18.0 Å². The zero-order valence-corrected chi connectivity index (χ0v) is 11.2. The number of likely N-dealkylation sites (tertiary alicyclic amines) is 1. The van der Waals surface area contributed by atoms with E-state index >= 15 is 0 Å². The lowest BCUT2D eigenvalue weighted by atomic mass is 9.78. The molecule has 0 aromatic heterocycles. The predicted octanol–water partition coefficient (Wildman–Crippen LogP) is 2.78. The summed E-state index contributed by atoms with van der Waals surface area (Å²) in [5.74, 6) is 1.05. The molecule has 0 bridgehead atoms. The van der Waals surface area contributed by atoms with Gasteiger partial charge in [0, 0.05) is 12.1 Å². The van der Waals surface area contributed by atoms with Crippen LogP contribution in [-0.4, -0.2) is 36.6 Å². The molecule has 1 N–H and O–H groups in total. The molecule has 0 aromatic carbocycles. The monoisotopic (exact) mass is 236 g/mol. The van der Waals surface area contributed by atoms with Crippen molar-refractivity contribution in [2.45, 2.75) is 69.9 Å². The second-order valence-electron chi connectivity index (χ2n) is 6.37. The summed E-state index contributed by atoms with van der Waals surface area (Å²) >= 11 is 0. The number of fused-ring (bicyclic) bond motifs is 1. The molecule has 98 valence electrons. The third kappa shape index (κ3) is 3.23. The summed E-state index contributed by atoms with van der Waals surface area (Å²) in [5, 5.41) is 3.64. The maximum atomic E-state index is 3.64. The Morgan fingerprint density at radius 2 is 1.76 bits per heavy atom. The molecule has 17 heavy (non-hydrogen) atoms. The minimum atomic E-state index is 0.888. The number of nitrogens with one attached hydrogen (secondary N) is 1. The van der Waals surface area contributed by atoms with Crippen molar-refractivity contribution in [1.82, 2.24) is 10.2 Å². The van der Waals surface area contributed by atoms with E-state index in [2.05, 4.69) is 10.2 Å². The molecule has 1 saturated heterocycles. The molecule has 0 spiro atoms. The quantitative estimate of drug-likeness (QED) is 0.738. The van der Waals surface area contributed by atoms with E-state index in [4.69, 9.17) is 0 Å². The summed E-state index contributed by atoms with van der Waals surface area (Å²) in [6.45, 7) is 3.98. The molecule has 3 rings (SSSR count). The van der Waals surface area contributed by atoms with Crippen molar-refractivity contribution in [3.05, 3.63) is 0 Å². The van der Waals surface area contributed by atoms with E-state index in [1.54, 1.807) is 0 Å². The standard InChI is InChI=1S/C15H28N2/c1-2-7-15-13(5-1)6-3-11-17(15)12-4-10-16-14-8-9-14/h13-16H,1-12H2. The third-order valence-electron chi connectivity index (χ3n) is 4.99. The second kappa shape index (κ2) is 5.71. The molecule has 2 atom stereocenters. The van der Waals surface area contributed by atoms with Gasteiger partial charge in [-0.05, 0) is 70.5 Å². The summed E-state index contributed by atoms with van der Waals surface area (Å²) in [4.78, 5) is 2.82. The predicted molar refractivity (Wildman–Crippen MR) is 72.2 cm³/mol. The van der Waals surface area contributed by atoms with Gasteiger partial charge in [0.1, 0.15) is 0 Å². The fourth-order valence-corrected chi connectivity index (χ4v) is 3.88. The lowest BCUT2D eigenvalue weighted by Crippen LogP contribution is -2.47. The van der Waals surface area contributed by atoms with Crippen LogP contribution in [0.25, 0.3) is 0 Å². The maximum absolute atomic E-state index is 3.64. The maximum Gasteiger partial charge on any atom is 0.0123 e. The second-order valence-corrected chi connectivity index (χ2v) is 6.37. The van der Waals surface area contributed by atoms with Gasteiger partial charge in [0.25, 0.3) is 0 Å². The minimum absolute atomic E-state index is 0.888. The van der Waals surface area contributed by atoms with Crippen molar-refractivity contribution in [3.63, 3.8) is 0 Å². The highest BCUT2D eigenvalue weighted by Crippen LogP contribution is 2.35. The largest absolute Gasteiger partial charge is 0.314 e. The van der Waals surface area contributed by atoms with Crippen LogP contribution in [0, 0.1) is 5.92 Å². The molecule has 0 amide bonds. The van der Waals surface area contributed by atoms with Crippen LogP contribution in [0.4, 0.5) is 0 Å². The summed E-state index contributed by atoms with van der Waals surface area (Å²) in [5.41, 5.74) is 0. The first-order valence-corrected chi connectivity index (χ1v) is 7.91. The Bertz CT molecular complexity index is 235. The van der Waals surface area contributed by atoms with Crippen LogP contribution in [0.3, 0.4) is 0 Å². The Labute approximate surface area is 106 Å². The highest BCUT2D eigenvalue weighted by molar-refractivity contribution is 4.87. The van der Waals surface area contributed by atoms with Crippen molar-refractivity contribution in [2.24, 2.45) is 5.92 Å². The Balaban J connectivity index is 1.40. The van der Waals surface area contributed by atoms with Crippen LogP contribution in [0.15, 0.2) is 0 Å². The number of piperidine rings is 1. The minimum Gasteiger partial charge on any atom is -0.314 e. The van der Waals surface area contributed by atoms with Gasteiger partial charge in [-0.3, -0.25) is 0 Å². The molecule has 3 aliphatic rings. The van der Waals surface area contributed by atoms with E-state index in [0.29, 0.717) is 0 Å². The fourth-order valence-electron chi connectivity index (χ4n) is 3.88. The summed E-state index contributed by atoms with van der Waals surface area (Å²) in [7, 11) is 0. The lowest BCUT2D eigenvalue weighted by molar-refractivity contribution is 0.0601. The van der Waals surface area contributed by atoms with Crippen molar-refractivity contribution in [2.75, 3.05) is 19.6 Å². The van der Waals surface area contributed by atoms with Gasteiger partial charge in [-0.2, -0.15) is 0 Å². The molecule has 3 fully saturated rings. The first-order chi connectivity index (χ1) is 8.43. The molecule has 1 aliphatic heterocycles. The van der Waals surface area contributed by atoms with Crippen LogP contribution < -0.4 is 5.32 Å². The number of hydrogen-bond donors (Lipinski definition) is 1. The summed E-state index contributed by atoms with van der Waals surface area (Å²) in [6.07, 6.45) is 13.2. The van der Waals surface area contributed by atoms with Gasteiger partial charge >= 0.3 is 0 Å². The number of hydrogen-bond acceptors (Lipinski definition) is 2. The van der Waals surface area contributed by atoms with Gasteiger partial charge in [-0.25, -0.2) is 0 Å². The van der Waals surface area contributed by atoms with E-state index in [-0.39, 0.29) is 0 Å². The van der Waals surface area contributed by atoms with Crippen molar-refractivity contribution >= 4 is 0 Å². The van der Waals surface area contributed by atoms with Crippen molar-refractivity contribution < 1.29 is 0 Å². The average molecular weight is 236 g/mol. The van der Waals surface area contributed by atoms with Gasteiger partial charge in [0.15, 0.2) is 0 Å². The molecule has 2 unspecified atom stereocenters. The lowest BCUT2D eigenvalue weighted by Gasteiger charge is -2.44. The van der Waals surface area contributed by atoms with Gasteiger partial charge in [0.2, 0.25) is 0 Å². The van der Waals surface area contributed by atoms with Crippen LogP contribution in [0.2, 0.25) is 0 Å². The Morgan fingerprint density at radius 1 is 0.941 bits per heavy atom. The van der Waals surface area contributed by atoms with E-state index in [1.807, 2.05) is 0 Å². The smallest absolute Gasteiger partial charge is 0.0123 e. The van der Waals surface area contributed by atoms with Crippen LogP contribution in [-0.2, 0) is 0 Å². The fraction of sp³-hybridized carbons (Fsp3) is 1.00. The Kier molecular flexibility index (Phi) is 4.02. The van der Waals surface area contributed by atoms with Crippen molar-refractivity contribution in [1.29, 1.82) is 0 Å². The normalized spacial score (nSPS) is 34.6. The Hall–Kier alpha value is -0.0800. The van der Waals surface area contributed by atoms with Crippen LogP contribution in [0.1, 0.15) is 57.8 Å². The van der Waals surface area contributed by atoms with Crippen molar-refractivity contribution in [3.8, 4) is 0 Å². The van der Waals surface area contributed by atoms with Gasteiger partial charge in [0.05, 0.1) is 0 Å². The van der Waals surface area contributed by atoms with Crippen LogP contribution >= 0.6 is 0 Å². The first-order valence-electron chi connectivity index (χ1n) is 7.91. The summed E-state index contributed by atoms with van der Waals surface area (Å²) < 4.78 is 0. The molecule has 2 saturated carbocycles. The van der Waals surface area contributed by atoms with E-state index in [9.17, 15) is 0 Å². The molecule has 0 aromatic rings. The third-order valence-corrected chi connectivity index (χ3v) is 4.99. The van der Waals surface area contributed by atoms with Crippen LogP contribution in [0.5, 0.6) is 0 Å². The molecule has 1 heterocycles. The first kappa shape index (κ1) is 12.0. The molecule has 2 aliphatic carbocycles. The Morgan fingerprint density at radius 3 is 2.65 bits per heavy atom. The highest BCUT2D eigenvalue weighted by Gasteiger charge is 2.32.